The molecule has 142 valence electrons. The third-order valence-corrected chi connectivity index (χ3v) is 6.22. The summed E-state index contributed by atoms with van der Waals surface area (Å²) < 4.78 is 15.6. The van der Waals surface area contributed by atoms with E-state index < -0.39 is 5.91 Å². The second-order valence-corrected chi connectivity index (χ2v) is 8.08. The van der Waals surface area contributed by atoms with Crippen LogP contribution in [0.25, 0.3) is 20.7 Å². The van der Waals surface area contributed by atoms with Crippen LogP contribution in [0.3, 0.4) is 0 Å². The molecule has 0 aliphatic carbocycles. The number of carbonyl (C=O) groups is 1. The first-order valence-electron chi connectivity index (χ1n) is 8.61. The molecule has 0 aliphatic heterocycles. The molecule has 0 aliphatic rings. The fraction of sp³-hybridized carbons (Fsp3) is 0.150. The number of primary amides is 1. The van der Waals surface area contributed by atoms with Crippen molar-refractivity contribution in [1.29, 1.82) is 0 Å². The van der Waals surface area contributed by atoms with Crippen LogP contribution in [-0.4, -0.2) is 15.5 Å². The Hall–Kier alpha value is -2.84. The lowest BCUT2D eigenvalue weighted by molar-refractivity contribution is -0.118. The molecule has 4 rings (SSSR count). The van der Waals surface area contributed by atoms with Gasteiger partial charge in [-0.1, -0.05) is 24.3 Å². The number of carbonyl (C=O) groups excluding carboxylic acids is 1. The van der Waals surface area contributed by atoms with Gasteiger partial charge in [0.05, 0.1) is 5.39 Å². The predicted octanol–water partition coefficient (Wildman–Crippen LogP) is 3.79. The Labute approximate surface area is 167 Å². The summed E-state index contributed by atoms with van der Waals surface area (Å²) in [5.74, 6) is -0.445. The summed E-state index contributed by atoms with van der Waals surface area (Å²) in [6.45, 7) is 0.112. The normalized spacial score (nSPS) is 11.2. The van der Waals surface area contributed by atoms with Gasteiger partial charge in [0.15, 0.2) is 0 Å². The van der Waals surface area contributed by atoms with E-state index in [0.717, 1.165) is 10.4 Å². The van der Waals surface area contributed by atoms with Gasteiger partial charge in [-0.05, 0) is 23.1 Å². The number of nitrogens with two attached hydrogens (primary N) is 1. The minimum absolute atomic E-state index is 0.00976. The highest BCUT2D eigenvalue weighted by molar-refractivity contribution is 7.18. The van der Waals surface area contributed by atoms with E-state index in [-0.39, 0.29) is 30.8 Å². The molecule has 0 bridgehead atoms. The highest BCUT2D eigenvalue weighted by Crippen LogP contribution is 2.34. The van der Waals surface area contributed by atoms with Crippen LogP contribution >= 0.6 is 22.7 Å². The standard InChI is InChI=1S/C20H16FN3O2S2/c21-14-5-2-1-4-12(14)10-17-23-19-18(20(26)24(17)8-7-16(22)25)13(11-28-19)15-6-3-9-27-15/h1-6,9,11H,7-8,10H2,(H2,22,25). The molecule has 0 spiro atoms. The van der Waals surface area contributed by atoms with Gasteiger partial charge >= 0.3 is 0 Å². The molecule has 0 saturated carbocycles. The molecule has 1 aromatic carbocycles. The van der Waals surface area contributed by atoms with Crippen LogP contribution in [0.4, 0.5) is 4.39 Å². The van der Waals surface area contributed by atoms with Gasteiger partial charge in [0, 0.05) is 35.2 Å². The van der Waals surface area contributed by atoms with Gasteiger partial charge in [-0.3, -0.25) is 14.2 Å². The van der Waals surface area contributed by atoms with Crippen molar-refractivity contribution in [3.05, 3.63) is 74.7 Å². The van der Waals surface area contributed by atoms with Crippen LogP contribution in [-0.2, 0) is 17.8 Å². The maximum atomic E-state index is 14.1. The number of fused-ring (bicyclic) bond motifs is 1. The summed E-state index contributed by atoms with van der Waals surface area (Å²) in [6, 6.07) is 10.3. The van der Waals surface area contributed by atoms with Crippen LogP contribution in [0.1, 0.15) is 17.8 Å². The average molecular weight is 413 g/mol. The molecule has 0 saturated heterocycles. The van der Waals surface area contributed by atoms with E-state index in [1.165, 1.54) is 22.0 Å². The zero-order chi connectivity index (χ0) is 19.7. The van der Waals surface area contributed by atoms with Crippen LogP contribution in [0.5, 0.6) is 0 Å². The van der Waals surface area contributed by atoms with E-state index in [9.17, 15) is 14.0 Å². The van der Waals surface area contributed by atoms with Gasteiger partial charge in [-0.15, -0.1) is 22.7 Å². The molecule has 0 unspecified atom stereocenters. The lowest BCUT2D eigenvalue weighted by Gasteiger charge is -2.12. The van der Waals surface area contributed by atoms with Crippen LogP contribution in [0, 0.1) is 5.82 Å². The minimum Gasteiger partial charge on any atom is -0.370 e. The first-order valence-corrected chi connectivity index (χ1v) is 10.4. The molecular formula is C20H16FN3O2S2. The maximum Gasteiger partial charge on any atom is 0.262 e. The van der Waals surface area contributed by atoms with Gasteiger partial charge in [0.25, 0.3) is 5.56 Å². The molecule has 28 heavy (non-hydrogen) atoms. The highest BCUT2D eigenvalue weighted by atomic mass is 32.1. The number of rotatable bonds is 6. The second kappa shape index (κ2) is 7.65. The highest BCUT2D eigenvalue weighted by Gasteiger charge is 2.18. The van der Waals surface area contributed by atoms with Gasteiger partial charge in [-0.25, -0.2) is 9.37 Å². The quantitative estimate of drug-likeness (QED) is 0.522. The third kappa shape index (κ3) is 3.48. The number of nitrogens with zero attached hydrogens (tertiary/aromatic N) is 2. The summed E-state index contributed by atoms with van der Waals surface area (Å²) in [4.78, 5) is 30.8. The molecule has 1 amide bonds. The number of hydrogen-bond acceptors (Lipinski definition) is 5. The van der Waals surface area contributed by atoms with E-state index in [2.05, 4.69) is 4.98 Å². The largest absolute Gasteiger partial charge is 0.370 e. The molecule has 0 fully saturated rings. The molecule has 0 atom stereocenters. The summed E-state index contributed by atoms with van der Waals surface area (Å²) in [6.07, 6.45) is 0.165. The zero-order valence-corrected chi connectivity index (χ0v) is 16.4. The predicted molar refractivity (Wildman–Crippen MR) is 110 cm³/mol. The van der Waals surface area contributed by atoms with E-state index in [0.29, 0.717) is 21.6 Å². The fourth-order valence-electron chi connectivity index (χ4n) is 3.08. The number of thiophene rings is 2. The van der Waals surface area contributed by atoms with Crippen molar-refractivity contribution < 1.29 is 9.18 Å². The van der Waals surface area contributed by atoms with Crippen molar-refractivity contribution in [2.24, 2.45) is 5.73 Å². The molecule has 8 heteroatoms. The molecule has 0 radical (unpaired) electrons. The van der Waals surface area contributed by atoms with Gasteiger partial charge in [0.1, 0.15) is 16.5 Å². The monoisotopic (exact) mass is 413 g/mol. The van der Waals surface area contributed by atoms with Crippen molar-refractivity contribution in [2.75, 3.05) is 0 Å². The number of benzene rings is 1. The Morgan fingerprint density at radius 1 is 1.18 bits per heavy atom. The minimum atomic E-state index is -0.507. The number of halogens is 1. The number of aromatic nitrogens is 2. The lowest BCUT2D eigenvalue weighted by Crippen LogP contribution is -2.27. The smallest absolute Gasteiger partial charge is 0.262 e. The molecule has 3 aromatic heterocycles. The summed E-state index contributed by atoms with van der Waals surface area (Å²) in [5, 5.41) is 4.38. The number of amides is 1. The van der Waals surface area contributed by atoms with E-state index >= 15 is 0 Å². The molecule has 3 heterocycles. The average Bonchev–Trinajstić information content (AvgIpc) is 3.32. The van der Waals surface area contributed by atoms with Crippen LogP contribution in [0.2, 0.25) is 0 Å². The van der Waals surface area contributed by atoms with Crippen molar-refractivity contribution in [2.45, 2.75) is 19.4 Å². The molecule has 2 N–H and O–H groups in total. The van der Waals surface area contributed by atoms with Crippen LogP contribution in [0.15, 0.2) is 52.0 Å². The van der Waals surface area contributed by atoms with Gasteiger partial charge in [0.2, 0.25) is 5.91 Å². The van der Waals surface area contributed by atoms with Crippen molar-refractivity contribution >= 4 is 38.8 Å². The van der Waals surface area contributed by atoms with E-state index in [1.54, 1.807) is 29.5 Å². The molecule has 5 nitrogen and oxygen atoms in total. The lowest BCUT2D eigenvalue weighted by atomic mass is 10.1. The Morgan fingerprint density at radius 3 is 2.71 bits per heavy atom. The SMILES string of the molecule is NC(=O)CCn1c(Cc2ccccc2F)nc2scc(-c3cccs3)c2c1=O. The molecular weight excluding hydrogens is 397 g/mol. The Morgan fingerprint density at radius 2 is 2.00 bits per heavy atom. The Bertz CT molecular complexity index is 1210. The summed E-state index contributed by atoms with van der Waals surface area (Å²) in [7, 11) is 0. The van der Waals surface area contributed by atoms with Crippen molar-refractivity contribution in [3.63, 3.8) is 0 Å². The number of hydrogen-bond donors (Lipinski definition) is 1. The fourth-order valence-corrected chi connectivity index (χ4v) is 4.85. The van der Waals surface area contributed by atoms with Crippen LogP contribution < -0.4 is 11.3 Å². The Balaban J connectivity index is 1.88. The van der Waals surface area contributed by atoms with E-state index in [1.807, 2.05) is 22.9 Å². The van der Waals surface area contributed by atoms with Gasteiger partial charge in [-0.2, -0.15) is 0 Å². The zero-order valence-electron chi connectivity index (χ0n) is 14.7. The van der Waals surface area contributed by atoms with Crippen molar-refractivity contribution in [3.8, 4) is 10.4 Å². The topological polar surface area (TPSA) is 78.0 Å². The second-order valence-electron chi connectivity index (χ2n) is 6.28. The molecule has 4 aromatic rings. The third-order valence-electron chi connectivity index (χ3n) is 4.45. The summed E-state index contributed by atoms with van der Waals surface area (Å²) in [5.41, 5.74) is 6.32. The summed E-state index contributed by atoms with van der Waals surface area (Å²) >= 11 is 2.93. The van der Waals surface area contributed by atoms with Gasteiger partial charge < -0.3 is 5.73 Å². The first kappa shape index (κ1) is 18.5. The van der Waals surface area contributed by atoms with Crippen molar-refractivity contribution in [1.82, 2.24) is 9.55 Å². The Kier molecular flexibility index (Phi) is 5.06. The van der Waals surface area contributed by atoms with E-state index in [4.69, 9.17) is 5.73 Å². The first-order chi connectivity index (χ1) is 13.5. The maximum absolute atomic E-state index is 14.1.